The quantitative estimate of drug-likeness (QED) is 0.308. The summed E-state index contributed by atoms with van der Waals surface area (Å²) in [6, 6.07) is 22.4. The number of rotatable bonds is 8. The van der Waals surface area contributed by atoms with Crippen LogP contribution in [0.5, 0.6) is 11.5 Å². The van der Waals surface area contributed by atoms with Gasteiger partial charge in [-0.2, -0.15) is 0 Å². The Bertz CT molecular complexity index is 1250. The average molecular weight is 454 g/mol. The molecule has 1 fully saturated rings. The molecule has 0 atom stereocenters. The van der Waals surface area contributed by atoms with Crippen LogP contribution in [0.15, 0.2) is 97.1 Å². The van der Waals surface area contributed by atoms with Gasteiger partial charge < -0.3 is 9.47 Å². The van der Waals surface area contributed by atoms with Crippen LogP contribution < -0.4 is 19.7 Å². The molecule has 0 unspecified atom stereocenters. The Morgan fingerprint density at radius 3 is 2.29 bits per heavy atom. The van der Waals surface area contributed by atoms with Crippen molar-refractivity contribution < 1.29 is 23.9 Å². The fourth-order valence-electron chi connectivity index (χ4n) is 3.36. The van der Waals surface area contributed by atoms with Crippen molar-refractivity contribution in [2.75, 3.05) is 11.5 Å². The second kappa shape index (κ2) is 10.3. The van der Waals surface area contributed by atoms with Crippen LogP contribution in [-0.2, 0) is 16.2 Å². The number of hydrogen-bond acceptors (Lipinski definition) is 5. The van der Waals surface area contributed by atoms with Crippen molar-refractivity contribution in [2.45, 2.75) is 6.61 Å². The van der Waals surface area contributed by atoms with Gasteiger partial charge in [0, 0.05) is 5.56 Å². The van der Waals surface area contributed by atoms with Gasteiger partial charge in [0.05, 0.1) is 5.69 Å². The monoisotopic (exact) mass is 454 g/mol. The highest BCUT2D eigenvalue weighted by Crippen LogP contribution is 2.27. The van der Waals surface area contributed by atoms with E-state index in [4.69, 9.17) is 9.47 Å². The second-order valence-electron chi connectivity index (χ2n) is 7.36. The number of carbonyl (C=O) groups is 3. The molecule has 34 heavy (non-hydrogen) atoms. The van der Waals surface area contributed by atoms with Crippen LogP contribution in [0.2, 0.25) is 0 Å². The summed E-state index contributed by atoms with van der Waals surface area (Å²) in [6.07, 6.45) is 3.00. The number of nitrogens with one attached hydrogen (secondary N) is 1. The summed E-state index contributed by atoms with van der Waals surface area (Å²) in [5.74, 6) is -0.436. The van der Waals surface area contributed by atoms with Crippen molar-refractivity contribution in [3.63, 3.8) is 0 Å². The maximum Gasteiger partial charge on any atom is 0.335 e. The predicted molar refractivity (Wildman–Crippen MR) is 128 cm³/mol. The van der Waals surface area contributed by atoms with Gasteiger partial charge in [-0.15, -0.1) is 0 Å². The molecule has 3 aromatic rings. The summed E-state index contributed by atoms with van der Waals surface area (Å²) in [7, 11) is 0. The molecule has 1 aliphatic rings. The largest absolute Gasteiger partial charge is 0.489 e. The molecule has 1 N–H and O–H groups in total. The molecule has 4 rings (SSSR count). The molecule has 7 heteroatoms. The molecular formula is C27H22N2O5. The van der Waals surface area contributed by atoms with Crippen molar-refractivity contribution in [2.24, 2.45) is 0 Å². The number of nitrogens with zero attached hydrogens (tertiary/aromatic N) is 1. The molecule has 1 saturated heterocycles. The van der Waals surface area contributed by atoms with E-state index in [-0.39, 0.29) is 12.2 Å². The fourth-order valence-corrected chi connectivity index (χ4v) is 3.36. The van der Waals surface area contributed by atoms with Gasteiger partial charge in [-0.05, 0) is 42.0 Å². The number of barbiturate groups is 1. The lowest BCUT2D eigenvalue weighted by atomic mass is 10.1. The van der Waals surface area contributed by atoms with Crippen LogP contribution in [0.3, 0.4) is 0 Å². The first-order chi connectivity index (χ1) is 16.6. The average Bonchev–Trinajstić information content (AvgIpc) is 2.86. The number of imide groups is 2. The lowest BCUT2D eigenvalue weighted by Gasteiger charge is -2.26. The Kier molecular flexibility index (Phi) is 6.84. The highest BCUT2D eigenvalue weighted by Gasteiger charge is 2.37. The summed E-state index contributed by atoms with van der Waals surface area (Å²) >= 11 is 0. The zero-order valence-corrected chi connectivity index (χ0v) is 18.3. The number of ether oxygens (including phenoxy) is 2. The number of amides is 4. The minimum Gasteiger partial charge on any atom is -0.489 e. The number of anilines is 1. The van der Waals surface area contributed by atoms with Gasteiger partial charge in [-0.1, -0.05) is 61.2 Å². The zero-order chi connectivity index (χ0) is 23.9. The maximum absolute atomic E-state index is 13.2. The summed E-state index contributed by atoms with van der Waals surface area (Å²) in [5, 5.41) is 2.22. The SMILES string of the molecule is C=CCOc1ccccc1/C=C1\C(=O)NC(=O)N(c2ccc(OCc3ccccc3)cc2)C1=O. The molecule has 4 amide bonds. The van der Waals surface area contributed by atoms with E-state index in [1.54, 1.807) is 54.6 Å². The Morgan fingerprint density at radius 2 is 1.56 bits per heavy atom. The first-order valence-corrected chi connectivity index (χ1v) is 10.6. The topological polar surface area (TPSA) is 84.9 Å². The van der Waals surface area contributed by atoms with Crippen LogP contribution in [0.4, 0.5) is 10.5 Å². The first-order valence-electron chi connectivity index (χ1n) is 10.6. The second-order valence-corrected chi connectivity index (χ2v) is 7.36. The number of urea groups is 1. The van der Waals surface area contributed by atoms with Gasteiger partial charge in [0.1, 0.15) is 30.3 Å². The standard InChI is InChI=1S/C27H22N2O5/c1-2-16-33-24-11-7-6-10-20(24)17-23-25(30)28-27(32)29(26(23)31)21-12-14-22(15-13-21)34-18-19-8-4-3-5-9-19/h2-15,17H,1,16,18H2,(H,28,30,32)/b23-17+. The molecule has 170 valence electrons. The molecule has 3 aromatic carbocycles. The van der Waals surface area contributed by atoms with Crippen molar-refractivity contribution in [1.82, 2.24) is 5.32 Å². The number of carbonyl (C=O) groups excluding carboxylic acids is 3. The minimum atomic E-state index is -0.818. The number of para-hydroxylation sites is 1. The smallest absolute Gasteiger partial charge is 0.335 e. The summed E-state index contributed by atoms with van der Waals surface area (Å²) in [6.45, 7) is 4.27. The summed E-state index contributed by atoms with van der Waals surface area (Å²) in [4.78, 5) is 39.0. The summed E-state index contributed by atoms with van der Waals surface area (Å²) < 4.78 is 11.4. The first kappa shape index (κ1) is 22.5. The number of hydrogen-bond donors (Lipinski definition) is 1. The molecule has 0 spiro atoms. The molecule has 0 saturated carbocycles. The van der Waals surface area contributed by atoms with E-state index in [2.05, 4.69) is 11.9 Å². The molecule has 1 aliphatic heterocycles. The third-order valence-electron chi connectivity index (χ3n) is 5.02. The van der Waals surface area contributed by atoms with Crippen molar-refractivity contribution in [3.8, 4) is 11.5 Å². The molecule has 0 bridgehead atoms. The Morgan fingerprint density at radius 1 is 0.853 bits per heavy atom. The lowest BCUT2D eigenvalue weighted by molar-refractivity contribution is -0.122. The molecule has 0 radical (unpaired) electrons. The van der Waals surface area contributed by atoms with Gasteiger partial charge in [-0.25, -0.2) is 9.69 Å². The van der Waals surface area contributed by atoms with Crippen LogP contribution >= 0.6 is 0 Å². The molecule has 7 nitrogen and oxygen atoms in total. The van der Waals surface area contributed by atoms with Crippen LogP contribution in [-0.4, -0.2) is 24.5 Å². The highest BCUT2D eigenvalue weighted by molar-refractivity contribution is 6.39. The Labute approximate surface area is 196 Å². The zero-order valence-electron chi connectivity index (χ0n) is 18.3. The lowest BCUT2D eigenvalue weighted by Crippen LogP contribution is -2.54. The van der Waals surface area contributed by atoms with E-state index >= 15 is 0 Å². The van der Waals surface area contributed by atoms with E-state index in [0.717, 1.165) is 10.5 Å². The molecule has 0 aromatic heterocycles. The Hall–Kier alpha value is -4.65. The number of benzene rings is 3. The van der Waals surface area contributed by atoms with Crippen molar-refractivity contribution in [1.29, 1.82) is 0 Å². The maximum atomic E-state index is 13.2. The highest BCUT2D eigenvalue weighted by atomic mass is 16.5. The third kappa shape index (κ3) is 5.05. The fraction of sp³-hybridized carbons (Fsp3) is 0.0741. The van der Waals surface area contributed by atoms with Crippen molar-refractivity contribution >= 4 is 29.6 Å². The van der Waals surface area contributed by atoms with E-state index < -0.39 is 17.8 Å². The van der Waals surface area contributed by atoms with Crippen LogP contribution in [0, 0.1) is 0 Å². The molecular weight excluding hydrogens is 432 g/mol. The molecule has 1 heterocycles. The van der Waals surface area contributed by atoms with Gasteiger partial charge in [0.25, 0.3) is 11.8 Å². The predicted octanol–water partition coefficient (Wildman–Crippen LogP) is 4.50. The van der Waals surface area contributed by atoms with E-state index in [1.807, 2.05) is 30.3 Å². The van der Waals surface area contributed by atoms with Gasteiger partial charge in [0.2, 0.25) is 0 Å². The van der Waals surface area contributed by atoms with Gasteiger partial charge >= 0.3 is 6.03 Å². The van der Waals surface area contributed by atoms with Crippen LogP contribution in [0.25, 0.3) is 6.08 Å². The third-order valence-corrected chi connectivity index (χ3v) is 5.02. The van der Waals surface area contributed by atoms with Crippen molar-refractivity contribution in [3.05, 3.63) is 108 Å². The van der Waals surface area contributed by atoms with E-state index in [1.165, 1.54) is 6.08 Å². The van der Waals surface area contributed by atoms with E-state index in [0.29, 0.717) is 29.4 Å². The van der Waals surface area contributed by atoms with Crippen LogP contribution in [0.1, 0.15) is 11.1 Å². The normalized spacial score (nSPS) is 14.6. The molecule has 0 aliphatic carbocycles. The Balaban J connectivity index is 1.55. The van der Waals surface area contributed by atoms with Gasteiger partial charge in [0.15, 0.2) is 0 Å². The van der Waals surface area contributed by atoms with Gasteiger partial charge in [-0.3, -0.25) is 14.9 Å². The minimum absolute atomic E-state index is 0.182. The summed E-state index contributed by atoms with van der Waals surface area (Å²) in [5.41, 5.74) is 1.67. The van der Waals surface area contributed by atoms with E-state index in [9.17, 15) is 14.4 Å².